The maximum atomic E-state index is 5.67. The number of hydrogen-bond acceptors (Lipinski definition) is 4. The van der Waals surface area contributed by atoms with Gasteiger partial charge >= 0.3 is 0 Å². The van der Waals surface area contributed by atoms with Crippen LogP contribution in [0.3, 0.4) is 0 Å². The van der Waals surface area contributed by atoms with Gasteiger partial charge in [-0.05, 0) is 31.5 Å². The van der Waals surface area contributed by atoms with Crippen molar-refractivity contribution in [3.63, 3.8) is 0 Å². The minimum absolute atomic E-state index is 0.540. The van der Waals surface area contributed by atoms with Crippen LogP contribution in [0.25, 0.3) is 0 Å². The summed E-state index contributed by atoms with van der Waals surface area (Å²) in [5.41, 5.74) is 6.67. The lowest BCUT2D eigenvalue weighted by molar-refractivity contribution is 0.109. The maximum absolute atomic E-state index is 5.67. The molecule has 0 radical (unpaired) electrons. The normalized spacial score (nSPS) is 10.3. The Kier molecular flexibility index (Phi) is 6.43. The first-order valence-electron chi connectivity index (χ1n) is 5.89. The fourth-order valence-electron chi connectivity index (χ4n) is 1.51. The number of methoxy groups -OCH3 is 1. The first-order chi connectivity index (χ1) is 8.31. The molecule has 0 unspecified atom stereocenters. The smallest absolute Gasteiger partial charge is 0.126 e. The van der Waals surface area contributed by atoms with Crippen molar-refractivity contribution >= 4 is 0 Å². The van der Waals surface area contributed by atoms with Gasteiger partial charge in [-0.3, -0.25) is 0 Å². The molecule has 0 heterocycles. The zero-order chi connectivity index (χ0) is 12.5. The summed E-state index contributed by atoms with van der Waals surface area (Å²) in [5.74, 6) is 1.62. The van der Waals surface area contributed by atoms with Crippen LogP contribution in [0.2, 0.25) is 0 Å². The zero-order valence-corrected chi connectivity index (χ0v) is 10.6. The van der Waals surface area contributed by atoms with E-state index in [2.05, 4.69) is 0 Å². The van der Waals surface area contributed by atoms with Crippen LogP contribution in [0.5, 0.6) is 11.5 Å². The highest BCUT2D eigenvalue weighted by atomic mass is 16.5. The van der Waals surface area contributed by atoms with E-state index in [9.17, 15) is 0 Å². The average molecular weight is 239 g/mol. The Bertz CT molecular complexity index is 328. The second-order valence-electron chi connectivity index (χ2n) is 3.56. The second-order valence-corrected chi connectivity index (χ2v) is 3.56. The number of hydrogen-bond donors (Lipinski definition) is 1. The molecule has 0 spiro atoms. The van der Waals surface area contributed by atoms with Crippen LogP contribution in [0.15, 0.2) is 18.2 Å². The van der Waals surface area contributed by atoms with E-state index in [1.54, 1.807) is 7.11 Å². The van der Waals surface area contributed by atoms with Gasteiger partial charge in [0, 0.05) is 12.7 Å². The minimum Gasteiger partial charge on any atom is -0.497 e. The van der Waals surface area contributed by atoms with E-state index < -0.39 is 0 Å². The predicted octanol–water partition coefficient (Wildman–Crippen LogP) is 1.61. The van der Waals surface area contributed by atoms with Gasteiger partial charge in [-0.15, -0.1) is 0 Å². The van der Waals surface area contributed by atoms with Gasteiger partial charge in [-0.25, -0.2) is 0 Å². The summed E-state index contributed by atoms with van der Waals surface area (Å²) in [6, 6.07) is 5.79. The topological polar surface area (TPSA) is 53.7 Å². The molecule has 0 fully saturated rings. The van der Waals surface area contributed by atoms with E-state index in [4.69, 9.17) is 19.9 Å². The Morgan fingerprint density at radius 2 is 2.06 bits per heavy atom. The highest BCUT2D eigenvalue weighted by molar-refractivity contribution is 5.40. The van der Waals surface area contributed by atoms with Gasteiger partial charge < -0.3 is 19.9 Å². The van der Waals surface area contributed by atoms with Crippen LogP contribution < -0.4 is 15.2 Å². The molecule has 0 atom stereocenters. The molecule has 0 saturated carbocycles. The van der Waals surface area contributed by atoms with Crippen LogP contribution in [0.4, 0.5) is 0 Å². The standard InChI is InChI=1S/C13H21NO3/c1-3-16-8-9-17-13-10-12(15-2)5-4-11(13)6-7-14/h4-5,10H,3,6-9,14H2,1-2H3. The van der Waals surface area contributed by atoms with E-state index in [1.807, 2.05) is 25.1 Å². The Balaban J connectivity index is 2.64. The quantitative estimate of drug-likeness (QED) is 0.700. The summed E-state index contributed by atoms with van der Waals surface area (Å²) >= 11 is 0. The van der Waals surface area contributed by atoms with Crippen molar-refractivity contribution in [1.29, 1.82) is 0 Å². The highest BCUT2D eigenvalue weighted by Crippen LogP contribution is 2.25. The zero-order valence-electron chi connectivity index (χ0n) is 10.6. The predicted molar refractivity (Wildman–Crippen MR) is 67.7 cm³/mol. The lowest BCUT2D eigenvalue weighted by Crippen LogP contribution is -2.09. The van der Waals surface area contributed by atoms with Crippen LogP contribution in [0, 0.1) is 0 Å². The van der Waals surface area contributed by atoms with Crippen LogP contribution in [-0.4, -0.2) is 33.5 Å². The molecule has 1 aromatic rings. The molecule has 0 aromatic heterocycles. The average Bonchev–Trinajstić information content (AvgIpc) is 2.36. The Morgan fingerprint density at radius 3 is 2.71 bits per heavy atom. The maximum Gasteiger partial charge on any atom is 0.126 e. The molecule has 17 heavy (non-hydrogen) atoms. The van der Waals surface area contributed by atoms with Crippen molar-refractivity contribution in [3.8, 4) is 11.5 Å². The van der Waals surface area contributed by atoms with Gasteiger partial charge in [0.05, 0.1) is 13.7 Å². The van der Waals surface area contributed by atoms with Crippen molar-refractivity contribution < 1.29 is 14.2 Å². The van der Waals surface area contributed by atoms with Gasteiger partial charge in [-0.1, -0.05) is 6.07 Å². The SMILES string of the molecule is CCOCCOc1cc(OC)ccc1CCN. The van der Waals surface area contributed by atoms with Crippen LogP contribution in [-0.2, 0) is 11.2 Å². The lowest BCUT2D eigenvalue weighted by atomic mass is 10.1. The van der Waals surface area contributed by atoms with Crippen LogP contribution >= 0.6 is 0 Å². The number of rotatable bonds is 8. The molecule has 0 aliphatic rings. The summed E-state index contributed by atoms with van der Waals surface area (Å²) in [7, 11) is 1.64. The van der Waals surface area contributed by atoms with Crippen LogP contribution in [0.1, 0.15) is 12.5 Å². The fourth-order valence-corrected chi connectivity index (χ4v) is 1.51. The molecule has 96 valence electrons. The van der Waals surface area contributed by atoms with Gasteiger partial charge in [0.15, 0.2) is 0 Å². The molecule has 4 heteroatoms. The first-order valence-corrected chi connectivity index (χ1v) is 5.89. The summed E-state index contributed by atoms with van der Waals surface area (Å²) in [6.07, 6.45) is 0.800. The van der Waals surface area contributed by atoms with Crippen molar-refractivity contribution in [2.75, 3.05) is 33.5 Å². The molecule has 0 amide bonds. The van der Waals surface area contributed by atoms with E-state index in [0.29, 0.717) is 26.4 Å². The molecule has 0 bridgehead atoms. The summed E-state index contributed by atoms with van der Waals surface area (Å²) < 4.78 is 16.1. The fraction of sp³-hybridized carbons (Fsp3) is 0.538. The second kappa shape index (κ2) is 7.92. The molecule has 0 aliphatic heterocycles. The Labute approximate surface area is 103 Å². The number of ether oxygens (including phenoxy) is 3. The van der Waals surface area contributed by atoms with Crippen molar-refractivity contribution in [2.24, 2.45) is 5.73 Å². The first kappa shape index (κ1) is 13.8. The number of nitrogens with two attached hydrogens (primary N) is 1. The van der Waals surface area contributed by atoms with E-state index >= 15 is 0 Å². The molecule has 0 aliphatic carbocycles. The van der Waals surface area contributed by atoms with Gasteiger partial charge in [0.2, 0.25) is 0 Å². The summed E-state index contributed by atoms with van der Waals surface area (Å²) in [6.45, 7) is 4.41. The Morgan fingerprint density at radius 1 is 1.24 bits per heavy atom. The lowest BCUT2D eigenvalue weighted by Gasteiger charge is -2.12. The molecular formula is C13H21NO3. The monoisotopic (exact) mass is 239 g/mol. The molecule has 4 nitrogen and oxygen atoms in total. The molecule has 2 N–H and O–H groups in total. The largest absolute Gasteiger partial charge is 0.497 e. The molecule has 1 rings (SSSR count). The van der Waals surface area contributed by atoms with Gasteiger partial charge in [0.1, 0.15) is 18.1 Å². The molecule has 1 aromatic carbocycles. The molecule has 0 saturated heterocycles. The van der Waals surface area contributed by atoms with E-state index in [-0.39, 0.29) is 0 Å². The third-order valence-electron chi connectivity index (χ3n) is 2.38. The third kappa shape index (κ3) is 4.63. The molecular weight excluding hydrogens is 218 g/mol. The van der Waals surface area contributed by atoms with Crippen molar-refractivity contribution in [1.82, 2.24) is 0 Å². The van der Waals surface area contributed by atoms with Gasteiger partial charge in [0.25, 0.3) is 0 Å². The van der Waals surface area contributed by atoms with E-state index in [1.165, 1.54) is 0 Å². The van der Waals surface area contributed by atoms with Gasteiger partial charge in [-0.2, -0.15) is 0 Å². The Hall–Kier alpha value is -1.26. The minimum atomic E-state index is 0.540. The summed E-state index contributed by atoms with van der Waals surface area (Å²) in [4.78, 5) is 0. The van der Waals surface area contributed by atoms with Crippen molar-refractivity contribution in [2.45, 2.75) is 13.3 Å². The third-order valence-corrected chi connectivity index (χ3v) is 2.38. The van der Waals surface area contributed by atoms with E-state index in [0.717, 1.165) is 23.5 Å². The summed E-state index contributed by atoms with van der Waals surface area (Å²) in [5, 5.41) is 0. The van der Waals surface area contributed by atoms with Crippen molar-refractivity contribution in [3.05, 3.63) is 23.8 Å². The number of benzene rings is 1. The highest BCUT2D eigenvalue weighted by Gasteiger charge is 2.05.